The number of hydrogen-bond acceptors (Lipinski definition) is 9. The number of fused-ring (bicyclic) bond motifs is 1. The summed E-state index contributed by atoms with van der Waals surface area (Å²) in [4.78, 5) is 30.9. The Labute approximate surface area is 181 Å². The number of rotatable bonds is 7. The third-order valence-corrected chi connectivity index (χ3v) is 5.54. The Hall–Kier alpha value is -3.72. The highest BCUT2D eigenvalue weighted by Crippen LogP contribution is 2.30. The molecule has 0 aliphatic rings. The lowest BCUT2D eigenvalue weighted by molar-refractivity contribution is 0.0475. The van der Waals surface area contributed by atoms with Gasteiger partial charge in [0.1, 0.15) is 11.5 Å². The number of pyridine rings is 1. The summed E-state index contributed by atoms with van der Waals surface area (Å²) in [6.45, 7) is 1.24. The van der Waals surface area contributed by atoms with Gasteiger partial charge in [0.15, 0.2) is 6.61 Å². The standard InChI is InChI=1S/C22H18N2O6S/c1-12-20-15(10-16(19-5-4-8-31-19)23-21(20)30-24-12)22(26)29-11-17(25)14-9-13(27-2)6-7-18(14)28-3/h4-10H,11H2,1-3H3. The number of carbonyl (C=O) groups is 2. The topological polar surface area (TPSA) is 101 Å². The predicted octanol–water partition coefficient (Wildman–Crippen LogP) is 4.32. The van der Waals surface area contributed by atoms with E-state index in [0.29, 0.717) is 28.3 Å². The van der Waals surface area contributed by atoms with Crippen molar-refractivity contribution in [3.63, 3.8) is 0 Å². The summed E-state index contributed by atoms with van der Waals surface area (Å²) in [5, 5.41) is 6.27. The Balaban J connectivity index is 1.62. The SMILES string of the molecule is COc1ccc(OC)c(C(=O)COC(=O)c2cc(-c3cccs3)nc3onc(C)c23)c1. The van der Waals surface area contributed by atoms with E-state index in [9.17, 15) is 9.59 Å². The maximum atomic E-state index is 12.9. The van der Waals surface area contributed by atoms with Gasteiger partial charge in [-0.25, -0.2) is 9.78 Å². The van der Waals surface area contributed by atoms with Crippen LogP contribution in [-0.2, 0) is 4.74 Å². The quantitative estimate of drug-likeness (QED) is 0.311. The third kappa shape index (κ3) is 3.99. The molecular weight excluding hydrogens is 420 g/mol. The van der Waals surface area contributed by atoms with E-state index >= 15 is 0 Å². The lowest BCUT2D eigenvalue weighted by Crippen LogP contribution is -2.15. The smallest absolute Gasteiger partial charge is 0.339 e. The summed E-state index contributed by atoms with van der Waals surface area (Å²) in [6, 6.07) is 10.2. The number of Topliss-reactive ketones (excluding diaryl/α,β-unsaturated/α-hetero) is 1. The largest absolute Gasteiger partial charge is 0.497 e. The number of nitrogens with zero attached hydrogens (tertiary/aromatic N) is 2. The van der Waals surface area contributed by atoms with E-state index in [4.69, 9.17) is 18.7 Å². The van der Waals surface area contributed by atoms with E-state index in [1.54, 1.807) is 31.2 Å². The first-order chi connectivity index (χ1) is 15.0. The van der Waals surface area contributed by atoms with E-state index < -0.39 is 18.4 Å². The van der Waals surface area contributed by atoms with Crippen LogP contribution in [0.1, 0.15) is 26.4 Å². The van der Waals surface area contributed by atoms with Crippen molar-refractivity contribution in [3.8, 4) is 22.1 Å². The molecule has 0 atom stereocenters. The second-order valence-corrected chi connectivity index (χ2v) is 7.49. The molecule has 0 aliphatic heterocycles. The second-order valence-electron chi connectivity index (χ2n) is 6.55. The first-order valence-corrected chi connectivity index (χ1v) is 10.1. The number of benzene rings is 1. The molecule has 0 fully saturated rings. The van der Waals surface area contributed by atoms with Crippen molar-refractivity contribution in [2.45, 2.75) is 6.92 Å². The lowest BCUT2D eigenvalue weighted by atomic mass is 10.1. The average Bonchev–Trinajstić information content (AvgIpc) is 3.46. The molecule has 0 N–H and O–H groups in total. The molecule has 0 radical (unpaired) electrons. The molecule has 3 heterocycles. The van der Waals surface area contributed by atoms with Crippen molar-refractivity contribution < 1.29 is 28.3 Å². The number of esters is 1. The number of methoxy groups -OCH3 is 2. The number of hydrogen-bond donors (Lipinski definition) is 0. The average molecular weight is 438 g/mol. The van der Waals surface area contributed by atoms with E-state index in [1.165, 1.54) is 25.6 Å². The summed E-state index contributed by atoms with van der Waals surface area (Å²) in [5.41, 5.74) is 1.79. The van der Waals surface area contributed by atoms with Gasteiger partial charge in [0.2, 0.25) is 5.78 Å². The summed E-state index contributed by atoms with van der Waals surface area (Å²) >= 11 is 1.48. The van der Waals surface area contributed by atoms with Gasteiger partial charge in [0.05, 0.1) is 47.0 Å². The van der Waals surface area contributed by atoms with Gasteiger partial charge < -0.3 is 18.7 Å². The first kappa shape index (κ1) is 20.5. The minimum absolute atomic E-state index is 0.233. The van der Waals surface area contributed by atoms with Crippen LogP contribution in [-0.4, -0.2) is 42.7 Å². The molecule has 0 saturated heterocycles. The van der Waals surface area contributed by atoms with Crippen LogP contribution in [0.2, 0.25) is 0 Å². The predicted molar refractivity (Wildman–Crippen MR) is 114 cm³/mol. The molecule has 0 bridgehead atoms. The number of aromatic nitrogens is 2. The van der Waals surface area contributed by atoms with Crippen LogP contribution in [0, 0.1) is 6.92 Å². The molecule has 8 nitrogen and oxygen atoms in total. The van der Waals surface area contributed by atoms with Gasteiger partial charge in [-0.05, 0) is 42.6 Å². The van der Waals surface area contributed by atoms with Crippen LogP contribution in [0.15, 0.2) is 46.3 Å². The monoisotopic (exact) mass is 438 g/mol. The van der Waals surface area contributed by atoms with Gasteiger partial charge in [-0.3, -0.25) is 4.79 Å². The maximum absolute atomic E-state index is 12.9. The molecule has 158 valence electrons. The van der Waals surface area contributed by atoms with Crippen LogP contribution in [0.3, 0.4) is 0 Å². The highest BCUT2D eigenvalue weighted by atomic mass is 32.1. The highest BCUT2D eigenvalue weighted by Gasteiger charge is 2.22. The summed E-state index contributed by atoms with van der Waals surface area (Å²) in [6.07, 6.45) is 0. The molecule has 0 spiro atoms. The minimum atomic E-state index is -0.674. The molecule has 0 saturated carbocycles. The summed E-state index contributed by atoms with van der Waals surface area (Å²) < 4.78 is 21.0. The fraction of sp³-hybridized carbons (Fsp3) is 0.182. The van der Waals surface area contributed by atoms with Gasteiger partial charge in [-0.15, -0.1) is 11.3 Å². The number of ketones is 1. The van der Waals surface area contributed by atoms with Crippen molar-refractivity contribution in [1.82, 2.24) is 10.1 Å². The van der Waals surface area contributed by atoms with Crippen molar-refractivity contribution in [1.29, 1.82) is 0 Å². The molecule has 31 heavy (non-hydrogen) atoms. The normalized spacial score (nSPS) is 10.8. The fourth-order valence-corrected chi connectivity index (χ4v) is 3.81. The zero-order valence-electron chi connectivity index (χ0n) is 17.0. The van der Waals surface area contributed by atoms with Crippen molar-refractivity contribution in [3.05, 3.63) is 58.6 Å². The Morgan fingerprint density at radius 1 is 1.10 bits per heavy atom. The Morgan fingerprint density at radius 2 is 1.94 bits per heavy atom. The number of ether oxygens (including phenoxy) is 3. The second kappa shape index (κ2) is 8.57. The van der Waals surface area contributed by atoms with Gasteiger partial charge >= 0.3 is 5.97 Å². The van der Waals surface area contributed by atoms with Crippen LogP contribution < -0.4 is 9.47 Å². The van der Waals surface area contributed by atoms with Crippen molar-refractivity contribution >= 4 is 34.2 Å². The summed E-state index contributed by atoms with van der Waals surface area (Å²) in [5.74, 6) is -0.239. The van der Waals surface area contributed by atoms with Crippen LogP contribution >= 0.6 is 11.3 Å². The van der Waals surface area contributed by atoms with Crippen LogP contribution in [0.4, 0.5) is 0 Å². The lowest BCUT2D eigenvalue weighted by Gasteiger charge is -2.10. The van der Waals surface area contributed by atoms with Gasteiger partial charge in [0, 0.05) is 0 Å². The molecule has 9 heteroatoms. The third-order valence-electron chi connectivity index (χ3n) is 4.65. The van der Waals surface area contributed by atoms with Gasteiger partial charge in [-0.1, -0.05) is 11.2 Å². The summed E-state index contributed by atoms with van der Waals surface area (Å²) in [7, 11) is 2.95. The van der Waals surface area contributed by atoms with Gasteiger partial charge in [0.25, 0.3) is 5.71 Å². The zero-order chi connectivity index (χ0) is 22.0. The Bertz CT molecular complexity index is 1260. The molecule has 0 aliphatic carbocycles. The minimum Gasteiger partial charge on any atom is -0.497 e. The maximum Gasteiger partial charge on any atom is 0.339 e. The van der Waals surface area contributed by atoms with E-state index in [-0.39, 0.29) is 16.8 Å². The fourth-order valence-electron chi connectivity index (χ4n) is 3.12. The zero-order valence-corrected chi connectivity index (χ0v) is 17.8. The molecule has 0 amide bonds. The first-order valence-electron chi connectivity index (χ1n) is 9.25. The van der Waals surface area contributed by atoms with E-state index in [2.05, 4.69) is 10.1 Å². The van der Waals surface area contributed by atoms with Crippen LogP contribution in [0.25, 0.3) is 21.7 Å². The molecule has 4 rings (SSSR count). The van der Waals surface area contributed by atoms with Crippen molar-refractivity contribution in [2.75, 3.05) is 20.8 Å². The molecule has 4 aromatic rings. The van der Waals surface area contributed by atoms with E-state index in [0.717, 1.165) is 4.88 Å². The molecule has 3 aromatic heterocycles. The van der Waals surface area contributed by atoms with E-state index in [1.807, 2.05) is 17.5 Å². The van der Waals surface area contributed by atoms with Crippen LogP contribution in [0.5, 0.6) is 11.5 Å². The Kier molecular flexibility index (Phi) is 5.68. The molecule has 1 aromatic carbocycles. The number of thiophene rings is 1. The Morgan fingerprint density at radius 3 is 2.65 bits per heavy atom. The van der Waals surface area contributed by atoms with Gasteiger partial charge in [-0.2, -0.15) is 0 Å². The highest BCUT2D eigenvalue weighted by molar-refractivity contribution is 7.13. The molecular formula is C22H18N2O6S. The number of carbonyl (C=O) groups excluding carboxylic acids is 2. The number of aryl methyl sites for hydroxylation is 1. The van der Waals surface area contributed by atoms with Crippen molar-refractivity contribution in [2.24, 2.45) is 0 Å². The molecule has 0 unspecified atom stereocenters.